The molecule has 3 aromatic rings. The molecule has 0 atom stereocenters. The molecule has 0 saturated carbocycles. The Balaban J connectivity index is 1.42. The summed E-state index contributed by atoms with van der Waals surface area (Å²) in [5.74, 6) is -0.0407. The lowest BCUT2D eigenvalue weighted by molar-refractivity contribution is 0.0582. The van der Waals surface area contributed by atoms with Crippen LogP contribution < -0.4 is 4.74 Å². The Morgan fingerprint density at radius 2 is 1.76 bits per heavy atom. The first-order valence-electron chi connectivity index (χ1n) is 8.49. The van der Waals surface area contributed by atoms with Gasteiger partial charge >= 0.3 is 0 Å². The number of pyridine rings is 1. The fourth-order valence-electron chi connectivity index (χ4n) is 3.29. The van der Waals surface area contributed by atoms with Crippen molar-refractivity contribution in [2.75, 3.05) is 13.1 Å². The van der Waals surface area contributed by atoms with E-state index >= 15 is 0 Å². The number of para-hydroxylation sites is 1. The number of amides is 1. The van der Waals surface area contributed by atoms with Crippen LogP contribution in [-0.4, -0.2) is 34.4 Å². The lowest BCUT2D eigenvalue weighted by Crippen LogP contribution is -2.42. The molecular weight excluding hydrogens is 319 g/mol. The minimum Gasteiger partial charge on any atom is -0.487 e. The van der Waals surface area contributed by atoms with Crippen LogP contribution in [0.2, 0.25) is 0 Å². The first-order chi connectivity index (χ1) is 12.2. The average molecular weight is 338 g/mol. The lowest BCUT2D eigenvalue weighted by atomic mass is 10.1. The molecule has 1 saturated heterocycles. The predicted octanol–water partition coefficient (Wildman–Crippen LogP) is 3.76. The van der Waals surface area contributed by atoms with Crippen molar-refractivity contribution >= 4 is 11.4 Å². The Morgan fingerprint density at radius 3 is 2.56 bits per heavy atom. The Hall–Kier alpha value is -2.82. The molecule has 5 heteroatoms. The molecule has 0 aliphatic carbocycles. The Morgan fingerprint density at radius 1 is 1.00 bits per heavy atom. The van der Waals surface area contributed by atoms with E-state index in [9.17, 15) is 9.18 Å². The molecule has 1 amide bonds. The highest BCUT2D eigenvalue weighted by Gasteiger charge is 2.26. The third-order valence-corrected chi connectivity index (χ3v) is 4.64. The van der Waals surface area contributed by atoms with Crippen molar-refractivity contribution in [3.8, 4) is 5.75 Å². The van der Waals surface area contributed by atoms with E-state index in [0.717, 1.165) is 5.52 Å². The zero-order chi connectivity index (χ0) is 17.2. The second-order valence-corrected chi connectivity index (χ2v) is 6.25. The predicted molar refractivity (Wildman–Crippen MR) is 93.4 cm³/mol. The van der Waals surface area contributed by atoms with Gasteiger partial charge in [0.1, 0.15) is 11.8 Å². The Labute approximate surface area is 145 Å². The number of benzene rings is 1. The fraction of sp³-hybridized carbons (Fsp3) is 0.250. The second kappa shape index (κ2) is 6.59. The number of hydrogen-bond donors (Lipinski definition) is 0. The van der Waals surface area contributed by atoms with Gasteiger partial charge in [-0.1, -0.05) is 18.2 Å². The molecule has 0 unspecified atom stereocenters. The third kappa shape index (κ3) is 3.09. The molecule has 0 radical (unpaired) electrons. The van der Waals surface area contributed by atoms with Gasteiger partial charge in [0.2, 0.25) is 0 Å². The summed E-state index contributed by atoms with van der Waals surface area (Å²) in [7, 11) is 0. The molecule has 1 fully saturated rings. The second-order valence-electron chi connectivity index (χ2n) is 6.25. The molecule has 0 spiro atoms. The normalized spacial score (nSPS) is 15.5. The smallest absolute Gasteiger partial charge is 0.270 e. The van der Waals surface area contributed by atoms with E-state index in [-0.39, 0.29) is 23.6 Å². The average Bonchev–Trinajstić information content (AvgIpc) is 3.08. The van der Waals surface area contributed by atoms with Crippen molar-refractivity contribution in [2.24, 2.45) is 0 Å². The van der Waals surface area contributed by atoms with Gasteiger partial charge in [-0.3, -0.25) is 4.79 Å². The van der Waals surface area contributed by atoms with Gasteiger partial charge in [0, 0.05) is 37.6 Å². The van der Waals surface area contributed by atoms with Crippen LogP contribution in [0, 0.1) is 5.82 Å². The molecule has 1 aliphatic heterocycles. The summed E-state index contributed by atoms with van der Waals surface area (Å²) in [4.78, 5) is 14.6. The van der Waals surface area contributed by atoms with Crippen molar-refractivity contribution in [3.05, 3.63) is 72.3 Å². The van der Waals surface area contributed by atoms with Gasteiger partial charge in [0.25, 0.3) is 5.91 Å². The van der Waals surface area contributed by atoms with Crippen LogP contribution in [-0.2, 0) is 0 Å². The highest BCUT2D eigenvalue weighted by atomic mass is 19.1. The van der Waals surface area contributed by atoms with Crippen LogP contribution in [0.4, 0.5) is 4.39 Å². The first kappa shape index (κ1) is 15.7. The number of carbonyl (C=O) groups excluding carboxylic acids is 1. The summed E-state index contributed by atoms with van der Waals surface area (Å²) < 4.78 is 21.4. The number of ether oxygens (including phenoxy) is 1. The Kier molecular flexibility index (Phi) is 4.14. The van der Waals surface area contributed by atoms with Crippen molar-refractivity contribution < 1.29 is 13.9 Å². The molecule has 3 heterocycles. The molecule has 0 N–H and O–H groups in total. The van der Waals surface area contributed by atoms with Gasteiger partial charge in [-0.25, -0.2) is 4.39 Å². The minimum atomic E-state index is -0.347. The monoisotopic (exact) mass is 338 g/mol. The first-order valence-corrected chi connectivity index (χ1v) is 8.49. The van der Waals surface area contributed by atoms with E-state index in [1.807, 2.05) is 45.8 Å². The molecule has 25 heavy (non-hydrogen) atoms. The van der Waals surface area contributed by atoms with E-state index in [1.165, 1.54) is 6.07 Å². The molecule has 4 nitrogen and oxygen atoms in total. The van der Waals surface area contributed by atoms with Crippen molar-refractivity contribution in [2.45, 2.75) is 18.9 Å². The summed E-state index contributed by atoms with van der Waals surface area (Å²) in [6.07, 6.45) is 3.23. The highest BCUT2D eigenvalue weighted by Crippen LogP contribution is 2.23. The molecule has 128 valence electrons. The quantitative estimate of drug-likeness (QED) is 0.729. The largest absolute Gasteiger partial charge is 0.487 e. The van der Waals surface area contributed by atoms with Crippen LogP contribution in [0.3, 0.4) is 0 Å². The van der Waals surface area contributed by atoms with E-state index in [2.05, 4.69) is 0 Å². The SMILES string of the molecule is O=C(c1ccc2ccccn12)N1CCC(Oc2ccccc2F)CC1. The van der Waals surface area contributed by atoms with Gasteiger partial charge in [-0.2, -0.15) is 0 Å². The van der Waals surface area contributed by atoms with Crippen LogP contribution in [0.1, 0.15) is 23.3 Å². The molecule has 1 aliphatic rings. The van der Waals surface area contributed by atoms with E-state index in [1.54, 1.807) is 18.2 Å². The van der Waals surface area contributed by atoms with Gasteiger partial charge in [0.05, 0.1) is 0 Å². The summed E-state index contributed by atoms with van der Waals surface area (Å²) in [5.41, 5.74) is 1.67. The van der Waals surface area contributed by atoms with Crippen LogP contribution in [0.25, 0.3) is 5.52 Å². The number of likely N-dealkylation sites (tertiary alicyclic amines) is 1. The van der Waals surface area contributed by atoms with Gasteiger partial charge < -0.3 is 14.0 Å². The van der Waals surface area contributed by atoms with E-state index in [4.69, 9.17) is 4.74 Å². The summed E-state index contributed by atoms with van der Waals surface area (Å²) in [5, 5.41) is 0. The van der Waals surface area contributed by atoms with E-state index in [0.29, 0.717) is 31.6 Å². The van der Waals surface area contributed by atoms with Gasteiger partial charge in [0.15, 0.2) is 11.6 Å². The number of fused-ring (bicyclic) bond motifs is 1. The zero-order valence-electron chi connectivity index (χ0n) is 13.8. The van der Waals surface area contributed by atoms with Gasteiger partial charge in [-0.05, 0) is 36.4 Å². The fourth-order valence-corrected chi connectivity index (χ4v) is 3.29. The maximum atomic E-state index is 13.7. The Bertz CT molecular complexity index is 897. The molecule has 4 rings (SSSR count). The van der Waals surface area contributed by atoms with Crippen molar-refractivity contribution in [1.29, 1.82) is 0 Å². The summed E-state index contributed by atoms with van der Waals surface area (Å²) in [6.45, 7) is 1.22. The number of hydrogen-bond acceptors (Lipinski definition) is 2. The highest BCUT2D eigenvalue weighted by molar-refractivity contribution is 5.94. The standard InChI is InChI=1S/C20H19FN2O2/c21-17-6-1-2-7-19(17)25-16-10-13-22(14-11-16)20(24)18-9-8-15-5-3-4-12-23(15)18/h1-9,12,16H,10-11,13-14H2. The third-order valence-electron chi connectivity index (χ3n) is 4.64. The molecule has 2 aromatic heterocycles. The van der Waals surface area contributed by atoms with E-state index < -0.39 is 0 Å². The molecule has 1 aromatic carbocycles. The van der Waals surface area contributed by atoms with Gasteiger partial charge in [-0.15, -0.1) is 0 Å². The van der Waals surface area contributed by atoms with Crippen LogP contribution >= 0.6 is 0 Å². The van der Waals surface area contributed by atoms with Crippen molar-refractivity contribution in [3.63, 3.8) is 0 Å². The number of nitrogens with zero attached hydrogens (tertiary/aromatic N) is 2. The minimum absolute atomic E-state index is 0.0236. The summed E-state index contributed by atoms with van der Waals surface area (Å²) in [6, 6.07) is 16.1. The summed E-state index contributed by atoms with van der Waals surface area (Å²) >= 11 is 0. The van der Waals surface area contributed by atoms with Crippen LogP contribution in [0.15, 0.2) is 60.8 Å². The number of aromatic nitrogens is 1. The maximum absolute atomic E-state index is 13.7. The van der Waals surface area contributed by atoms with Crippen LogP contribution in [0.5, 0.6) is 5.75 Å². The topological polar surface area (TPSA) is 34.0 Å². The lowest BCUT2D eigenvalue weighted by Gasteiger charge is -2.32. The number of rotatable bonds is 3. The molecular formula is C20H19FN2O2. The maximum Gasteiger partial charge on any atom is 0.270 e. The number of piperidine rings is 1. The molecule has 0 bridgehead atoms. The zero-order valence-corrected chi connectivity index (χ0v) is 13.8. The van der Waals surface area contributed by atoms with Crippen molar-refractivity contribution in [1.82, 2.24) is 9.30 Å². The number of halogens is 1. The number of carbonyl (C=O) groups is 1.